The molecule has 0 saturated heterocycles. The Balaban J connectivity index is 3.79. The molecular formula is C22H32O4. The summed E-state index contributed by atoms with van der Waals surface area (Å²) in [6, 6.07) is 0. The standard InChI is InChI=1S/C22H32O4/c1-2-20(23)16-13-11-14-18-21(24)17-12-9-7-5-3-4-6-8-10-15-19-22(25)26/h3-4,7-14,16-17,20-21,23-24H,2,5-6,15,18-19H2,1H3,(H,25,26)/b4-3-,9-7-,10-8-,14-11-,16-13+,17-12+/t20-,21-/m0/s1. The summed E-state index contributed by atoms with van der Waals surface area (Å²) in [5.41, 5.74) is 0. The van der Waals surface area contributed by atoms with Crippen LogP contribution in [0.3, 0.4) is 0 Å². The average molecular weight is 360 g/mol. The second-order valence-corrected chi connectivity index (χ2v) is 5.75. The van der Waals surface area contributed by atoms with Gasteiger partial charge in [0.05, 0.1) is 12.2 Å². The summed E-state index contributed by atoms with van der Waals surface area (Å²) in [7, 11) is 0. The first-order chi connectivity index (χ1) is 12.6. The molecule has 144 valence electrons. The molecule has 0 bridgehead atoms. The van der Waals surface area contributed by atoms with E-state index in [1.54, 1.807) is 18.2 Å². The summed E-state index contributed by atoms with van der Waals surface area (Å²) in [5, 5.41) is 27.6. The quantitative estimate of drug-likeness (QED) is 0.315. The van der Waals surface area contributed by atoms with Gasteiger partial charge in [-0.3, -0.25) is 4.79 Å². The van der Waals surface area contributed by atoms with E-state index in [4.69, 9.17) is 5.11 Å². The van der Waals surface area contributed by atoms with Crippen LogP contribution in [0.1, 0.15) is 45.4 Å². The fourth-order valence-corrected chi connectivity index (χ4v) is 1.82. The first kappa shape index (κ1) is 23.8. The molecule has 4 heteroatoms. The number of hydrogen-bond acceptors (Lipinski definition) is 3. The Labute approximate surface area is 157 Å². The van der Waals surface area contributed by atoms with Gasteiger partial charge in [-0.15, -0.1) is 0 Å². The predicted octanol–water partition coefficient (Wildman–Crippen LogP) is 4.49. The minimum atomic E-state index is -0.770. The molecule has 0 aromatic heterocycles. The van der Waals surface area contributed by atoms with Crippen molar-refractivity contribution in [1.82, 2.24) is 0 Å². The van der Waals surface area contributed by atoms with Crippen LogP contribution in [0.25, 0.3) is 0 Å². The number of aliphatic hydroxyl groups is 2. The fraction of sp³-hybridized carbons (Fsp3) is 0.409. The van der Waals surface area contributed by atoms with Crippen LogP contribution >= 0.6 is 0 Å². The molecular weight excluding hydrogens is 328 g/mol. The monoisotopic (exact) mass is 360 g/mol. The number of aliphatic hydroxyl groups excluding tert-OH is 2. The Morgan fingerprint density at radius 1 is 0.808 bits per heavy atom. The molecule has 0 heterocycles. The maximum absolute atomic E-state index is 10.3. The summed E-state index contributed by atoms with van der Waals surface area (Å²) in [5.74, 6) is -0.770. The van der Waals surface area contributed by atoms with Crippen LogP contribution in [0.2, 0.25) is 0 Å². The van der Waals surface area contributed by atoms with Crippen molar-refractivity contribution in [2.45, 2.75) is 57.7 Å². The van der Waals surface area contributed by atoms with Crippen molar-refractivity contribution in [3.8, 4) is 0 Å². The van der Waals surface area contributed by atoms with Crippen molar-refractivity contribution < 1.29 is 20.1 Å². The number of carbonyl (C=O) groups is 1. The Morgan fingerprint density at radius 2 is 1.38 bits per heavy atom. The summed E-state index contributed by atoms with van der Waals surface area (Å²) >= 11 is 0. The van der Waals surface area contributed by atoms with Crippen LogP contribution in [0.4, 0.5) is 0 Å². The highest BCUT2D eigenvalue weighted by atomic mass is 16.4. The summed E-state index contributed by atoms with van der Waals surface area (Å²) in [6.07, 6.45) is 25.3. The lowest BCUT2D eigenvalue weighted by atomic mass is 10.2. The molecule has 0 amide bonds. The van der Waals surface area contributed by atoms with Gasteiger partial charge in [0.1, 0.15) is 0 Å². The second-order valence-electron chi connectivity index (χ2n) is 5.75. The highest BCUT2D eigenvalue weighted by Crippen LogP contribution is 1.99. The van der Waals surface area contributed by atoms with E-state index >= 15 is 0 Å². The number of hydrogen-bond donors (Lipinski definition) is 3. The normalized spacial score (nSPS) is 15.5. The molecule has 3 N–H and O–H groups in total. The summed E-state index contributed by atoms with van der Waals surface area (Å²) in [4.78, 5) is 10.3. The van der Waals surface area contributed by atoms with Crippen LogP contribution < -0.4 is 0 Å². The molecule has 0 aliphatic heterocycles. The Morgan fingerprint density at radius 3 is 2.04 bits per heavy atom. The molecule has 0 saturated carbocycles. The minimum absolute atomic E-state index is 0.176. The highest BCUT2D eigenvalue weighted by Gasteiger charge is 1.93. The topological polar surface area (TPSA) is 77.8 Å². The molecule has 0 aliphatic carbocycles. The zero-order valence-electron chi connectivity index (χ0n) is 15.6. The van der Waals surface area contributed by atoms with Gasteiger partial charge in [0.25, 0.3) is 0 Å². The van der Waals surface area contributed by atoms with Gasteiger partial charge >= 0.3 is 5.97 Å². The average Bonchev–Trinajstić information content (AvgIpc) is 2.61. The molecule has 4 nitrogen and oxygen atoms in total. The first-order valence-electron chi connectivity index (χ1n) is 9.10. The maximum Gasteiger partial charge on any atom is 0.303 e. The van der Waals surface area contributed by atoms with Gasteiger partial charge in [-0.25, -0.2) is 0 Å². The van der Waals surface area contributed by atoms with Crippen molar-refractivity contribution in [2.24, 2.45) is 0 Å². The van der Waals surface area contributed by atoms with Crippen molar-refractivity contribution >= 4 is 5.97 Å². The van der Waals surface area contributed by atoms with Gasteiger partial charge in [-0.2, -0.15) is 0 Å². The third-order valence-corrected chi connectivity index (χ3v) is 3.36. The van der Waals surface area contributed by atoms with Crippen molar-refractivity contribution in [3.63, 3.8) is 0 Å². The molecule has 0 aromatic rings. The molecule has 0 unspecified atom stereocenters. The Bertz CT molecular complexity index is 524. The maximum atomic E-state index is 10.3. The van der Waals surface area contributed by atoms with Gasteiger partial charge in [0, 0.05) is 6.42 Å². The van der Waals surface area contributed by atoms with E-state index in [1.807, 2.05) is 61.6 Å². The molecule has 0 rings (SSSR count). The van der Waals surface area contributed by atoms with Gasteiger partial charge in [-0.1, -0.05) is 79.8 Å². The number of carboxylic acids is 1. The molecule has 0 radical (unpaired) electrons. The van der Waals surface area contributed by atoms with Crippen LogP contribution in [0.5, 0.6) is 0 Å². The molecule has 0 aliphatic rings. The second kappa shape index (κ2) is 17.6. The fourth-order valence-electron chi connectivity index (χ4n) is 1.82. The number of aliphatic carboxylic acids is 1. The molecule has 0 spiro atoms. The zero-order valence-corrected chi connectivity index (χ0v) is 15.6. The van der Waals surface area contributed by atoms with Crippen LogP contribution in [0.15, 0.2) is 72.9 Å². The SMILES string of the molecule is CC[C@H](O)/C=C/C=C\C[C@@H](O)/C=C/C=C\C/C=C\C/C=C\CCC(=O)O. The van der Waals surface area contributed by atoms with Crippen LogP contribution in [-0.4, -0.2) is 33.5 Å². The molecule has 26 heavy (non-hydrogen) atoms. The van der Waals surface area contributed by atoms with Crippen molar-refractivity contribution in [1.29, 1.82) is 0 Å². The third kappa shape index (κ3) is 18.2. The van der Waals surface area contributed by atoms with Gasteiger partial charge < -0.3 is 15.3 Å². The lowest BCUT2D eigenvalue weighted by Crippen LogP contribution is -1.99. The lowest BCUT2D eigenvalue weighted by Gasteiger charge is -1.99. The Kier molecular flexibility index (Phi) is 16.2. The van der Waals surface area contributed by atoms with Crippen molar-refractivity contribution in [2.75, 3.05) is 0 Å². The van der Waals surface area contributed by atoms with Crippen LogP contribution in [-0.2, 0) is 4.79 Å². The smallest absolute Gasteiger partial charge is 0.303 e. The summed E-state index contributed by atoms with van der Waals surface area (Å²) in [6.45, 7) is 1.92. The molecule has 2 atom stereocenters. The van der Waals surface area contributed by atoms with E-state index in [1.165, 1.54) is 0 Å². The predicted molar refractivity (Wildman–Crippen MR) is 108 cm³/mol. The lowest BCUT2D eigenvalue weighted by molar-refractivity contribution is -0.136. The molecule has 0 aromatic carbocycles. The third-order valence-electron chi connectivity index (χ3n) is 3.36. The van der Waals surface area contributed by atoms with E-state index < -0.39 is 18.2 Å². The summed E-state index contributed by atoms with van der Waals surface area (Å²) < 4.78 is 0. The number of carboxylic acid groups (broad SMARTS) is 1. The van der Waals surface area contributed by atoms with E-state index in [0.717, 1.165) is 12.8 Å². The van der Waals surface area contributed by atoms with Crippen molar-refractivity contribution in [3.05, 3.63) is 72.9 Å². The van der Waals surface area contributed by atoms with Gasteiger partial charge in [0.2, 0.25) is 0 Å². The Hall–Kier alpha value is -2.17. The largest absolute Gasteiger partial charge is 0.481 e. The number of allylic oxidation sites excluding steroid dienone is 9. The highest BCUT2D eigenvalue weighted by molar-refractivity contribution is 5.66. The minimum Gasteiger partial charge on any atom is -0.481 e. The van der Waals surface area contributed by atoms with E-state index in [-0.39, 0.29) is 6.42 Å². The van der Waals surface area contributed by atoms with Gasteiger partial charge in [-0.05, 0) is 32.1 Å². The van der Waals surface area contributed by atoms with E-state index in [0.29, 0.717) is 19.3 Å². The molecule has 0 fully saturated rings. The zero-order chi connectivity index (χ0) is 19.5. The van der Waals surface area contributed by atoms with E-state index in [2.05, 4.69) is 0 Å². The first-order valence-corrected chi connectivity index (χ1v) is 9.10. The van der Waals surface area contributed by atoms with Gasteiger partial charge in [0.15, 0.2) is 0 Å². The van der Waals surface area contributed by atoms with E-state index in [9.17, 15) is 15.0 Å². The number of rotatable bonds is 14. The van der Waals surface area contributed by atoms with Crippen LogP contribution in [0, 0.1) is 0 Å².